The molecule has 0 atom stereocenters. The molecule has 0 radical (unpaired) electrons. The first-order chi connectivity index (χ1) is 11.6. The molecule has 132 valence electrons. The molecule has 1 N–H and O–H groups in total. The molecule has 24 heavy (non-hydrogen) atoms. The van der Waals surface area contributed by atoms with Crippen molar-refractivity contribution in [2.24, 2.45) is 5.92 Å². The SMILES string of the molecule is COC(=O)/C(=C(/C)NCC1CCOCC1)c1ccc(OC)cc1Br. The number of ether oxygens (including phenoxy) is 3. The molecule has 1 heterocycles. The van der Waals surface area contributed by atoms with Gasteiger partial charge in [-0.1, -0.05) is 15.9 Å². The fourth-order valence-corrected chi connectivity index (χ4v) is 3.29. The smallest absolute Gasteiger partial charge is 0.340 e. The third kappa shape index (κ3) is 4.74. The molecule has 0 aliphatic carbocycles. The molecule has 1 aromatic carbocycles. The molecule has 0 amide bonds. The van der Waals surface area contributed by atoms with E-state index in [1.807, 2.05) is 25.1 Å². The van der Waals surface area contributed by atoms with E-state index < -0.39 is 0 Å². The van der Waals surface area contributed by atoms with Gasteiger partial charge in [0.1, 0.15) is 5.75 Å². The number of esters is 1. The van der Waals surface area contributed by atoms with Crippen molar-refractivity contribution in [2.75, 3.05) is 34.0 Å². The van der Waals surface area contributed by atoms with Gasteiger partial charge in [0, 0.05) is 35.5 Å². The first-order valence-corrected chi connectivity index (χ1v) is 8.80. The number of halogens is 1. The summed E-state index contributed by atoms with van der Waals surface area (Å²) in [5.74, 6) is 0.924. The number of carbonyl (C=O) groups excluding carboxylic acids is 1. The van der Waals surface area contributed by atoms with Gasteiger partial charge >= 0.3 is 5.97 Å². The Morgan fingerprint density at radius 1 is 1.33 bits per heavy atom. The van der Waals surface area contributed by atoms with E-state index in [1.54, 1.807) is 7.11 Å². The van der Waals surface area contributed by atoms with Gasteiger partial charge < -0.3 is 19.5 Å². The summed E-state index contributed by atoms with van der Waals surface area (Å²) in [6.07, 6.45) is 2.08. The van der Waals surface area contributed by atoms with Crippen LogP contribution in [0.1, 0.15) is 25.3 Å². The van der Waals surface area contributed by atoms with Gasteiger partial charge in [-0.05, 0) is 43.9 Å². The van der Waals surface area contributed by atoms with Crippen LogP contribution in [0.5, 0.6) is 5.75 Å². The van der Waals surface area contributed by atoms with E-state index in [9.17, 15) is 4.79 Å². The minimum absolute atomic E-state index is 0.363. The highest BCUT2D eigenvalue weighted by Crippen LogP contribution is 2.30. The summed E-state index contributed by atoms with van der Waals surface area (Å²) in [5, 5.41) is 3.39. The Bertz CT molecular complexity index is 609. The largest absolute Gasteiger partial charge is 0.497 e. The zero-order valence-electron chi connectivity index (χ0n) is 14.4. The summed E-state index contributed by atoms with van der Waals surface area (Å²) in [6.45, 7) is 4.34. The second-order valence-corrected chi connectivity index (χ2v) is 6.63. The number of benzene rings is 1. The van der Waals surface area contributed by atoms with E-state index in [0.717, 1.165) is 54.1 Å². The Hall–Kier alpha value is -1.53. The normalized spacial score (nSPS) is 16.3. The fraction of sp³-hybridized carbons (Fsp3) is 0.500. The lowest BCUT2D eigenvalue weighted by Gasteiger charge is -2.23. The highest BCUT2D eigenvalue weighted by atomic mass is 79.9. The summed E-state index contributed by atoms with van der Waals surface area (Å²) in [6, 6.07) is 5.52. The number of hydrogen-bond acceptors (Lipinski definition) is 5. The highest BCUT2D eigenvalue weighted by Gasteiger charge is 2.20. The van der Waals surface area contributed by atoms with E-state index in [-0.39, 0.29) is 5.97 Å². The quantitative estimate of drug-likeness (QED) is 0.588. The van der Waals surface area contributed by atoms with Gasteiger partial charge in [-0.2, -0.15) is 0 Å². The van der Waals surface area contributed by atoms with Gasteiger partial charge in [0.05, 0.1) is 19.8 Å². The van der Waals surface area contributed by atoms with Crippen LogP contribution in [0.2, 0.25) is 0 Å². The predicted molar refractivity (Wildman–Crippen MR) is 96.8 cm³/mol. The maximum Gasteiger partial charge on any atom is 0.340 e. The van der Waals surface area contributed by atoms with Crippen LogP contribution >= 0.6 is 15.9 Å². The maximum absolute atomic E-state index is 12.3. The molecule has 1 aliphatic heterocycles. The van der Waals surface area contributed by atoms with Gasteiger partial charge in [0.15, 0.2) is 0 Å². The van der Waals surface area contributed by atoms with E-state index in [1.165, 1.54) is 7.11 Å². The number of methoxy groups -OCH3 is 2. The first kappa shape index (κ1) is 18.8. The standard InChI is InChI=1S/C18H24BrNO4/c1-12(20-11-13-6-8-24-9-7-13)17(18(21)23-3)15-5-4-14(22-2)10-16(15)19/h4-5,10,13,20H,6-9,11H2,1-3H3/b17-12-. The molecule has 0 bridgehead atoms. The molecule has 0 unspecified atom stereocenters. The summed E-state index contributed by atoms with van der Waals surface area (Å²) in [5.41, 5.74) is 2.11. The minimum Gasteiger partial charge on any atom is -0.497 e. The Morgan fingerprint density at radius 3 is 2.62 bits per heavy atom. The van der Waals surface area contributed by atoms with Crippen LogP contribution in [-0.2, 0) is 14.3 Å². The Labute approximate surface area is 151 Å². The fourth-order valence-electron chi connectivity index (χ4n) is 2.73. The number of hydrogen-bond donors (Lipinski definition) is 1. The third-order valence-electron chi connectivity index (χ3n) is 4.21. The molecular formula is C18H24BrNO4. The number of rotatable bonds is 6. The third-order valence-corrected chi connectivity index (χ3v) is 4.86. The number of carbonyl (C=O) groups is 1. The zero-order valence-corrected chi connectivity index (χ0v) is 15.9. The van der Waals surface area contributed by atoms with Crippen LogP contribution in [0.4, 0.5) is 0 Å². The summed E-state index contributed by atoms with van der Waals surface area (Å²) in [4.78, 5) is 12.3. The van der Waals surface area contributed by atoms with Gasteiger partial charge in [0.2, 0.25) is 0 Å². The summed E-state index contributed by atoms with van der Waals surface area (Å²) >= 11 is 3.52. The lowest BCUT2D eigenvalue weighted by atomic mass is 9.99. The second kappa shape index (κ2) is 9.08. The van der Waals surface area contributed by atoms with Crippen molar-refractivity contribution in [3.05, 3.63) is 33.9 Å². The van der Waals surface area contributed by atoms with Gasteiger partial charge in [0.25, 0.3) is 0 Å². The molecule has 1 aromatic rings. The lowest BCUT2D eigenvalue weighted by Crippen LogP contribution is -2.28. The van der Waals surface area contributed by atoms with E-state index in [4.69, 9.17) is 14.2 Å². The zero-order chi connectivity index (χ0) is 17.5. The van der Waals surface area contributed by atoms with E-state index >= 15 is 0 Å². The van der Waals surface area contributed by atoms with Crippen molar-refractivity contribution in [2.45, 2.75) is 19.8 Å². The second-order valence-electron chi connectivity index (χ2n) is 5.77. The van der Waals surface area contributed by atoms with Crippen molar-refractivity contribution in [1.82, 2.24) is 5.32 Å². The Morgan fingerprint density at radius 2 is 2.04 bits per heavy atom. The van der Waals surface area contributed by atoms with Crippen LogP contribution < -0.4 is 10.1 Å². The van der Waals surface area contributed by atoms with Crippen molar-refractivity contribution in [3.63, 3.8) is 0 Å². The molecular weight excluding hydrogens is 374 g/mol. The average molecular weight is 398 g/mol. The Balaban J connectivity index is 2.24. The van der Waals surface area contributed by atoms with Crippen LogP contribution in [0.3, 0.4) is 0 Å². The molecule has 1 saturated heterocycles. The molecule has 1 fully saturated rings. The van der Waals surface area contributed by atoms with Crippen molar-refractivity contribution in [3.8, 4) is 5.75 Å². The molecule has 0 spiro atoms. The first-order valence-electron chi connectivity index (χ1n) is 8.01. The summed E-state index contributed by atoms with van der Waals surface area (Å²) in [7, 11) is 3.00. The van der Waals surface area contributed by atoms with Gasteiger partial charge in [-0.25, -0.2) is 4.79 Å². The monoisotopic (exact) mass is 397 g/mol. The van der Waals surface area contributed by atoms with Crippen molar-refractivity contribution >= 4 is 27.5 Å². The van der Waals surface area contributed by atoms with Crippen LogP contribution in [0.15, 0.2) is 28.4 Å². The van der Waals surface area contributed by atoms with Crippen LogP contribution in [-0.4, -0.2) is 39.9 Å². The van der Waals surface area contributed by atoms with Crippen molar-refractivity contribution in [1.29, 1.82) is 0 Å². The molecule has 0 aromatic heterocycles. The topological polar surface area (TPSA) is 56.8 Å². The Kier molecular flexibility index (Phi) is 7.12. The average Bonchev–Trinajstić information content (AvgIpc) is 2.62. The molecule has 1 aliphatic rings. The molecule has 5 nitrogen and oxygen atoms in total. The van der Waals surface area contributed by atoms with E-state index in [0.29, 0.717) is 11.5 Å². The molecule has 2 rings (SSSR count). The minimum atomic E-state index is -0.363. The number of allylic oxidation sites excluding steroid dienone is 1. The van der Waals surface area contributed by atoms with Gasteiger partial charge in [-0.15, -0.1) is 0 Å². The lowest BCUT2D eigenvalue weighted by molar-refractivity contribution is -0.133. The predicted octanol–water partition coefficient (Wildman–Crippen LogP) is 3.38. The van der Waals surface area contributed by atoms with Gasteiger partial charge in [-0.3, -0.25) is 0 Å². The highest BCUT2D eigenvalue weighted by molar-refractivity contribution is 9.10. The van der Waals surface area contributed by atoms with Crippen molar-refractivity contribution < 1.29 is 19.0 Å². The van der Waals surface area contributed by atoms with E-state index in [2.05, 4.69) is 21.2 Å². The van der Waals surface area contributed by atoms with Crippen LogP contribution in [0, 0.1) is 5.92 Å². The molecule has 0 saturated carbocycles. The van der Waals surface area contributed by atoms with Crippen LogP contribution in [0.25, 0.3) is 5.57 Å². The number of nitrogens with one attached hydrogen (secondary N) is 1. The maximum atomic E-state index is 12.3. The summed E-state index contributed by atoms with van der Waals surface area (Å²) < 4.78 is 16.4. The molecule has 6 heteroatoms.